The molecule has 49 heavy (non-hydrogen) atoms. The lowest BCUT2D eigenvalue weighted by atomic mass is 10.0. The van der Waals surface area contributed by atoms with Crippen LogP contribution in [0, 0.1) is 0 Å². The second-order valence-corrected chi connectivity index (χ2v) is 12.9. The number of nitrogens with zero attached hydrogens (tertiary/aromatic N) is 5. The predicted molar refractivity (Wildman–Crippen MR) is 196 cm³/mol. The van der Waals surface area contributed by atoms with Gasteiger partial charge in [0.15, 0.2) is 0 Å². The number of para-hydroxylation sites is 1. The van der Waals surface area contributed by atoms with E-state index in [4.69, 9.17) is 9.47 Å². The Bertz CT molecular complexity index is 1920. The molecule has 248 valence electrons. The number of hydrogen-bond acceptors (Lipinski definition) is 6. The maximum Gasteiger partial charge on any atom is 0.149 e. The number of rotatable bonds is 12. The van der Waals surface area contributed by atoms with Crippen LogP contribution >= 0.6 is 0 Å². The summed E-state index contributed by atoms with van der Waals surface area (Å²) in [6.45, 7) is 10.4. The van der Waals surface area contributed by atoms with Crippen molar-refractivity contribution in [1.29, 1.82) is 0 Å². The lowest BCUT2D eigenvalue weighted by Gasteiger charge is -2.36. The second kappa shape index (κ2) is 15.2. The summed E-state index contributed by atoms with van der Waals surface area (Å²) in [6.07, 6.45) is 1.83. The van der Waals surface area contributed by atoms with Gasteiger partial charge in [-0.1, -0.05) is 122 Å². The highest BCUT2D eigenvalue weighted by Gasteiger charge is 2.21. The molecule has 5 aromatic carbocycles. The average Bonchev–Trinajstić information content (AvgIpc) is 3.65. The molecule has 0 spiro atoms. The van der Waals surface area contributed by atoms with Gasteiger partial charge in [0.05, 0.1) is 11.9 Å². The standard InChI is InChI=1S/C42H43N5O2/c1-32(2)38-26-39(42(49-31-35-14-8-4-9-15-35)27-41(38)48-30-34-12-6-3-7-13-34)47-40(28-43-44-47)36-20-18-33(19-21-36)29-45-22-24-46(25-23-45)37-16-10-5-11-17-37/h3-21,26-28,32H,22-25,29-31H2,1-2H3. The molecule has 1 aromatic heterocycles. The fourth-order valence-corrected chi connectivity index (χ4v) is 6.35. The van der Waals surface area contributed by atoms with E-state index in [2.05, 4.69) is 119 Å². The van der Waals surface area contributed by atoms with Gasteiger partial charge in [-0.25, -0.2) is 4.68 Å². The minimum atomic E-state index is 0.216. The molecular weight excluding hydrogens is 606 g/mol. The summed E-state index contributed by atoms with van der Waals surface area (Å²) in [7, 11) is 0. The van der Waals surface area contributed by atoms with Gasteiger partial charge in [-0.3, -0.25) is 4.90 Å². The maximum absolute atomic E-state index is 6.53. The first-order valence-corrected chi connectivity index (χ1v) is 17.1. The Morgan fingerprint density at radius 3 is 1.84 bits per heavy atom. The molecule has 1 saturated heterocycles. The molecule has 0 bridgehead atoms. The Hall–Kier alpha value is -5.40. The highest BCUT2D eigenvalue weighted by atomic mass is 16.5. The number of piperazine rings is 1. The molecule has 1 fully saturated rings. The van der Waals surface area contributed by atoms with E-state index in [9.17, 15) is 0 Å². The first-order valence-electron chi connectivity index (χ1n) is 17.1. The Balaban J connectivity index is 1.13. The summed E-state index contributed by atoms with van der Waals surface area (Å²) in [6, 6.07) is 44.1. The van der Waals surface area contributed by atoms with Crippen molar-refractivity contribution in [3.8, 4) is 28.4 Å². The van der Waals surface area contributed by atoms with Gasteiger partial charge in [0.2, 0.25) is 0 Å². The fraction of sp³-hybridized carbons (Fsp3) is 0.238. The molecule has 0 N–H and O–H groups in total. The summed E-state index contributed by atoms with van der Waals surface area (Å²) >= 11 is 0. The lowest BCUT2D eigenvalue weighted by molar-refractivity contribution is 0.250. The molecule has 6 aromatic rings. The SMILES string of the molecule is CC(C)c1cc(-n2nncc2-c2ccc(CN3CCN(c4ccccc4)CC3)cc2)c(OCc2ccccc2)cc1OCc1ccccc1. The van der Waals surface area contributed by atoms with E-state index in [0.717, 1.165) is 72.1 Å². The van der Waals surface area contributed by atoms with Crippen molar-refractivity contribution in [1.82, 2.24) is 19.9 Å². The molecule has 0 aliphatic carbocycles. The number of aromatic nitrogens is 3. The third-order valence-corrected chi connectivity index (χ3v) is 9.11. The number of anilines is 1. The van der Waals surface area contributed by atoms with Crippen LogP contribution in [0.3, 0.4) is 0 Å². The van der Waals surface area contributed by atoms with Gasteiger partial charge in [-0.2, -0.15) is 0 Å². The third-order valence-electron chi connectivity index (χ3n) is 9.11. The first kappa shape index (κ1) is 32.2. The molecule has 0 radical (unpaired) electrons. The number of hydrogen-bond donors (Lipinski definition) is 0. The molecule has 0 unspecified atom stereocenters. The van der Waals surface area contributed by atoms with Gasteiger partial charge in [0.25, 0.3) is 0 Å². The lowest BCUT2D eigenvalue weighted by Crippen LogP contribution is -2.45. The molecular formula is C42H43N5O2. The quantitative estimate of drug-likeness (QED) is 0.133. The van der Waals surface area contributed by atoms with Gasteiger partial charge < -0.3 is 14.4 Å². The van der Waals surface area contributed by atoms with Crippen molar-refractivity contribution in [2.24, 2.45) is 0 Å². The molecule has 0 saturated carbocycles. The van der Waals surface area contributed by atoms with E-state index < -0.39 is 0 Å². The van der Waals surface area contributed by atoms with E-state index in [0.29, 0.717) is 19.0 Å². The Morgan fingerprint density at radius 1 is 0.633 bits per heavy atom. The van der Waals surface area contributed by atoms with E-state index in [1.54, 1.807) is 0 Å². The highest BCUT2D eigenvalue weighted by Crippen LogP contribution is 2.38. The van der Waals surface area contributed by atoms with Gasteiger partial charge in [-0.05, 0) is 46.4 Å². The first-order chi connectivity index (χ1) is 24.1. The summed E-state index contributed by atoms with van der Waals surface area (Å²) < 4.78 is 14.9. The summed E-state index contributed by atoms with van der Waals surface area (Å²) in [4.78, 5) is 5.00. The van der Waals surface area contributed by atoms with Crippen molar-refractivity contribution < 1.29 is 9.47 Å². The summed E-state index contributed by atoms with van der Waals surface area (Å²) in [5.74, 6) is 1.71. The predicted octanol–water partition coefficient (Wildman–Crippen LogP) is 8.54. The van der Waals surface area contributed by atoms with Crippen LogP contribution in [0.2, 0.25) is 0 Å². The van der Waals surface area contributed by atoms with Crippen LogP contribution < -0.4 is 14.4 Å². The average molecular weight is 650 g/mol. The molecule has 0 atom stereocenters. The van der Waals surface area contributed by atoms with E-state index in [1.165, 1.54) is 11.3 Å². The van der Waals surface area contributed by atoms with Crippen LogP contribution in [0.1, 0.15) is 42.0 Å². The smallest absolute Gasteiger partial charge is 0.149 e. The molecule has 1 aliphatic rings. The Morgan fingerprint density at radius 2 is 1.22 bits per heavy atom. The van der Waals surface area contributed by atoms with Crippen molar-refractivity contribution in [2.45, 2.75) is 39.5 Å². The zero-order chi connectivity index (χ0) is 33.4. The molecule has 7 nitrogen and oxygen atoms in total. The molecule has 7 heteroatoms. The normalized spacial score (nSPS) is 13.5. The summed E-state index contributed by atoms with van der Waals surface area (Å²) in [5, 5.41) is 8.95. The van der Waals surface area contributed by atoms with Gasteiger partial charge in [0, 0.05) is 50.0 Å². The van der Waals surface area contributed by atoms with E-state index in [1.807, 2.05) is 53.3 Å². The minimum Gasteiger partial charge on any atom is -0.488 e. The maximum atomic E-state index is 6.53. The van der Waals surface area contributed by atoms with Crippen molar-refractivity contribution in [3.05, 3.63) is 156 Å². The van der Waals surface area contributed by atoms with Gasteiger partial charge in [0.1, 0.15) is 30.4 Å². The van der Waals surface area contributed by atoms with E-state index in [-0.39, 0.29) is 5.92 Å². The molecule has 0 amide bonds. The Labute approximate surface area is 289 Å². The Kier molecular flexibility index (Phi) is 9.99. The van der Waals surface area contributed by atoms with Gasteiger partial charge in [-0.15, -0.1) is 5.10 Å². The second-order valence-electron chi connectivity index (χ2n) is 12.9. The zero-order valence-corrected chi connectivity index (χ0v) is 28.3. The molecule has 2 heterocycles. The van der Waals surface area contributed by atoms with Crippen molar-refractivity contribution in [3.63, 3.8) is 0 Å². The van der Waals surface area contributed by atoms with Crippen molar-refractivity contribution in [2.75, 3.05) is 31.1 Å². The third kappa shape index (κ3) is 7.85. The number of benzene rings is 5. The van der Waals surface area contributed by atoms with Gasteiger partial charge >= 0.3 is 0 Å². The highest BCUT2D eigenvalue weighted by molar-refractivity contribution is 5.65. The molecule has 7 rings (SSSR count). The largest absolute Gasteiger partial charge is 0.488 e. The van der Waals surface area contributed by atoms with Crippen molar-refractivity contribution >= 4 is 5.69 Å². The minimum absolute atomic E-state index is 0.216. The van der Waals surface area contributed by atoms with Crippen LogP contribution in [-0.4, -0.2) is 46.1 Å². The monoisotopic (exact) mass is 649 g/mol. The summed E-state index contributed by atoms with van der Waals surface area (Å²) in [5.41, 5.74) is 8.67. The molecule has 1 aliphatic heterocycles. The number of ether oxygens (including phenoxy) is 2. The fourth-order valence-electron chi connectivity index (χ4n) is 6.35. The van der Waals surface area contributed by atoms with E-state index >= 15 is 0 Å². The van der Waals surface area contributed by atoms with Crippen LogP contribution in [0.25, 0.3) is 16.9 Å². The topological polar surface area (TPSA) is 55.7 Å². The van der Waals surface area contributed by atoms with Crippen LogP contribution in [0.15, 0.2) is 134 Å². The zero-order valence-electron chi connectivity index (χ0n) is 28.3. The van der Waals surface area contributed by atoms with Crippen LogP contribution in [0.5, 0.6) is 11.5 Å². The van der Waals surface area contributed by atoms with Crippen LogP contribution in [0.4, 0.5) is 5.69 Å². The van der Waals surface area contributed by atoms with Crippen LogP contribution in [-0.2, 0) is 19.8 Å².